The molecule has 1 aromatic carbocycles. The van der Waals surface area contributed by atoms with Crippen molar-refractivity contribution in [2.75, 3.05) is 0 Å². The Balaban J connectivity index is 2.89. The molecule has 0 fully saturated rings. The van der Waals surface area contributed by atoms with Crippen LogP contribution in [0.5, 0.6) is 0 Å². The van der Waals surface area contributed by atoms with Crippen LogP contribution in [0.1, 0.15) is 30.9 Å². The standard InChI is InChI=1S/C12H16O3/c1-8(2)10-6-4-3-5-9(10)7-11(13)12(14)15/h3-6,8,12,14-15H,7H2,1-2H3. The summed E-state index contributed by atoms with van der Waals surface area (Å²) in [5.74, 6) is -0.243. The van der Waals surface area contributed by atoms with Crippen LogP contribution >= 0.6 is 0 Å². The summed E-state index contributed by atoms with van der Waals surface area (Å²) in [5.41, 5.74) is 1.94. The van der Waals surface area contributed by atoms with E-state index >= 15 is 0 Å². The molecule has 0 spiro atoms. The molecule has 1 aromatic rings. The van der Waals surface area contributed by atoms with Gasteiger partial charge < -0.3 is 10.2 Å². The molecule has 0 aliphatic heterocycles. The Morgan fingerprint density at radius 1 is 1.27 bits per heavy atom. The number of carbonyl (C=O) groups excluding carboxylic acids is 1. The quantitative estimate of drug-likeness (QED) is 0.732. The highest BCUT2D eigenvalue weighted by Crippen LogP contribution is 2.19. The molecule has 0 saturated carbocycles. The zero-order valence-corrected chi connectivity index (χ0v) is 8.97. The Bertz CT molecular complexity index is 342. The first-order valence-electron chi connectivity index (χ1n) is 4.99. The van der Waals surface area contributed by atoms with E-state index in [1.807, 2.05) is 38.1 Å². The number of carbonyl (C=O) groups is 1. The van der Waals surface area contributed by atoms with Gasteiger partial charge in [0.2, 0.25) is 6.29 Å². The highest BCUT2D eigenvalue weighted by molar-refractivity contribution is 5.83. The SMILES string of the molecule is CC(C)c1ccccc1CC(=O)C(O)O. The predicted molar refractivity (Wildman–Crippen MR) is 57.5 cm³/mol. The molecule has 3 nitrogen and oxygen atoms in total. The maximum Gasteiger partial charge on any atom is 0.213 e. The van der Waals surface area contributed by atoms with Gasteiger partial charge in [-0.3, -0.25) is 4.79 Å². The lowest BCUT2D eigenvalue weighted by molar-refractivity contribution is -0.144. The summed E-state index contributed by atoms with van der Waals surface area (Å²) in [6, 6.07) is 7.56. The predicted octanol–water partition coefficient (Wildman–Crippen LogP) is 1.23. The second kappa shape index (κ2) is 5.05. The number of aliphatic hydroxyl groups is 2. The average molecular weight is 208 g/mol. The largest absolute Gasteiger partial charge is 0.362 e. The van der Waals surface area contributed by atoms with Crippen molar-refractivity contribution in [2.45, 2.75) is 32.5 Å². The molecule has 2 N–H and O–H groups in total. The van der Waals surface area contributed by atoms with Gasteiger partial charge in [0.05, 0.1) is 0 Å². The minimum absolute atomic E-state index is 0.0754. The van der Waals surface area contributed by atoms with E-state index in [-0.39, 0.29) is 6.42 Å². The molecule has 0 aliphatic rings. The van der Waals surface area contributed by atoms with Crippen LogP contribution < -0.4 is 0 Å². The fraction of sp³-hybridized carbons (Fsp3) is 0.417. The second-order valence-corrected chi connectivity index (χ2v) is 3.87. The van der Waals surface area contributed by atoms with Gasteiger partial charge in [0.15, 0.2) is 5.78 Å². The van der Waals surface area contributed by atoms with Gasteiger partial charge in [0.1, 0.15) is 0 Å². The fourth-order valence-corrected chi connectivity index (χ4v) is 1.54. The summed E-state index contributed by atoms with van der Waals surface area (Å²) in [6.07, 6.45) is -1.79. The number of hydrogen-bond acceptors (Lipinski definition) is 3. The van der Waals surface area contributed by atoms with Gasteiger partial charge in [-0.25, -0.2) is 0 Å². The smallest absolute Gasteiger partial charge is 0.213 e. The third kappa shape index (κ3) is 3.15. The van der Waals surface area contributed by atoms with Gasteiger partial charge >= 0.3 is 0 Å². The second-order valence-electron chi connectivity index (χ2n) is 3.87. The van der Waals surface area contributed by atoms with Crippen LogP contribution in [0.25, 0.3) is 0 Å². The van der Waals surface area contributed by atoms with E-state index in [0.29, 0.717) is 5.92 Å². The van der Waals surface area contributed by atoms with Gasteiger partial charge in [0.25, 0.3) is 0 Å². The average Bonchev–Trinajstić information content (AvgIpc) is 2.18. The van der Waals surface area contributed by atoms with Gasteiger partial charge in [-0.2, -0.15) is 0 Å². The molecule has 1 rings (SSSR count). The maximum atomic E-state index is 11.2. The number of ketones is 1. The van der Waals surface area contributed by atoms with Crippen molar-refractivity contribution >= 4 is 5.78 Å². The number of rotatable bonds is 4. The van der Waals surface area contributed by atoms with Crippen molar-refractivity contribution in [3.8, 4) is 0 Å². The molecule has 0 radical (unpaired) electrons. The first kappa shape index (κ1) is 11.9. The first-order chi connectivity index (χ1) is 7.02. The van der Waals surface area contributed by atoms with Gasteiger partial charge in [-0.15, -0.1) is 0 Å². The van der Waals surface area contributed by atoms with E-state index in [4.69, 9.17) is 10.2 Å². The lowest BCUT2D eigenvalue weighted by atomic mass is 9.94. The van der Waals surface area contributed by atoms with Crippen molar-refractivity contribution < 1.29 is 15.0 Å². The zero-order chi connectivity index (χ0) is 11.4. The summed E-state index contributed by atoms with van der Waals surface area (Å²) < 4.78 is 0. The Morgan fingerprint density at radius 3 is 2.40 bits per heavy atom. The molecular formula is C12H16O3. The first-order valence-corrected chi connectivity index (χ1v) is 4.99. The lowest BCUT2D eigenvalue weighted by Gasteiger charge is -2.12. The van der Waals surface area contributed by atoms with E-state index in [2.05, 4.69) is 0 Å². The van der Waals surface area contributed by atoms with Crippen molar-refractivity contribution in [2.24, 2.45) is 0 Å². The molecule has 82 valence electrons. The van der Waals surface area contributed by atoms with Crippen LogP contribution in [0, 0.1) is 0 Å². The van der Waals surface area contributed by atoms with Crippen LogP contribution in [-0.4, -0.2) is 22.3 Å². The van der Waals surface area contributed by atoms with Crippen LogP contribution in [-0.2, 0) is 11.2 Å². The number of benzene rings is 1. The van der Waals surface area contributed by atoms with Gasteiger partial charge in [0, 0.05) is 6.42 Å². The van der Waals surface area contributed by atoms with Gasteiger partial charge in [-0.05, 0) is 17.0 Å². The molecule has 0 heterocycles. The van der Waals surface area contributed by atoms with Crippen LogP contribution in [0.3, 0.4) is 0 Å². The molecule has 0 saturated heterocycles. The number of aliphatic hydroxyl groups excluding tert-OH is 1. The van der Waals surface area contributed by atoms with Crippen LogP contribution in [0.4, 0.5) is 0 Å². The Kier molecular flexibility index (Phi) is 4.00. The van der Waals surface area contributed by atoms with Crippen LogP contribution in [0.15, 0.2) is 24.3 Å². The third-order valence-electron chi connectivity index (χ3n) is 2.33. The highest BCUT2D eigenvalue weighted by atomic mass is 16.5. The van der Waals surface area contributed by atoms with Gasteiger partial charge in [-0.1, -0.05) is 38.1 Å². The van der Waals surface area contributed by atoms with E-state index in [1.165, 1.54) is 0 Å². The molecule has 0 atom stereocenters. The summed E-state index contributed by atoms with van der Waals surface area (Å²) in [6.45, 7) is 4.08. The van der Waals surface area contributed by atoms with Crippen molar-refractivity contribution in [3.63, 3.8) is 0 Å². The summed E-state index contributed by atoms with van der Waals surface area (Å²) >= 11 is 0. The summed E-state index contributed by atoms with van der Waals surface area (Å²) in [7, 11) is 0. The fourth-order valence-electron chi connectivity index (χ4n) is 1.54. The third-order valence-corrected chi connectivity index (χ3v) is 2.33. The molecule has 0 bridgehead atoms. The van der Waals surface area contributed by atoms with Crippen molar-refractivity contribution in [3.05, 3.63) is 35.4 Å². The molecular weight excluding hydrogens is 192 g/mol. The number of Topliss-reactive ketones (excluding diaryl/α,β-unsaturated/α-hetero) is 1. The van der Waals surface area contributed by atoms with E-state index in [0.717, 1.165) is 11.1 Å². The van der Waals surface area contributed by atoms with Crippen LogP contribution in [0.2, 0.25) is 0 Å². The van der Waals surface area contributed by atoms with Crippen molar-refractivity contribution in [1.29, 1.82) is 0 Å². The molecule has 3 heteroatoms. The minimum atomic E-state index is -1.87. The Labute approximate surface area is 89.4 Å². The molecule has 0 unspecified atom stereocenters. The zero-order valence-electron chi connectivity index (χ0n) is 8.97. The summed E-state index contributed by atoms with van der Waals surface area (Å²) in [4.78, 5) is 11.2. The Hall–Kier alpha value is -1.19. The lowest BCUT2D eigenvalue weighted by Crippen LogP contribution is -2.21. The molecule has 0 aromatic heterocycles. The Morgan fingerprint density at radius 2 is 1.87 bits per heavy atom. The highest BCUT2D eigenvalue weighted by Gasteiger charge is 2.14. The summed E-state index contributed by atoms with van der Waals surface area (Å²) in [5, 5.41) is 17.4. The van der Waals surface area contributed by atoms with Crippen molar-refractivity contribution in [1.82, 2.24) is 0 Å². The van der Waals surface area contributed by atoms with E-state index < -0.39 is 12.1 Å². The monoisotopic (exact) mass is 208 g/mol. The minimum Gasteiger partial charge on any atom is -0.362 e. The molecule has 0 aliphatic carbocycles. The topological polar surface area (TPSA) is 57.5 Å². The maximum absolute atomic E-state index is 11.2. The molecule has 15 heavy (non-hydrogen) atoms. The van der Waals surface area contributed by atoms with E-state index in [9.17, 15) is 4.79 Å². The normalized spacial score (nSPS) is 11.1. The molecule has 0 amide bonds. The van der Waals surface area contributed by atoms with E-state index in [1.54, 1.807) is 0 Å². The number of hydrogen-bond donors (Lipinski definition) is 2.